The van der Waals surface area contributed by atoms with E-state index in [0.717, 1.165) is 22.5 Å². The minimum absolute atomic E-state index is 0.183. The van der Waals surface area contributed by atoms with Crippen molar-refractivity contribution in [1.29, 1.82) is 0 Å². The fourth-order valence-electron chi connectivity index (χ4n) is 2.38. The predicted molar refractivity (Wildman–Crippen MR) is 77.5 cm³/mol. The summed E-state index contributed by atoms with van der Waals surface area (Å²) in [5.74, 6) is 0.183. The Bertz CT molecular complexity index is 705. The monoisotopic (exact) mass is 265 g/mol. The van der Waals surface area contributed by atoms with E-state index >= 15 is 0 Å². The van der Waals surface area contributed by atoms with Crippen LogP contribution in [0.15, 0.2) is 35.6 Å². The highest BCUT2D eigenvalue weighted by atomic mass is 16.1. The second-order valence-corrected chi connectivity index (χ2v) is 5.15. The zero-order valence-electron chi connectivity index (χ0n) is 11.6. The molecular weight excluding hydrogens is 250 g/mol. The molecule has 3 rings (SSSR count). The van der Waals surface area contributed by atoms with Gasteiger partial charge in [0.2, 0.25) is 0 Å². The molecule has 0 atom stereocenters. The molecule has 0 saturated heterocycles. The molecule has 2 aromatic rings. The fraction of sp³-hybridized carbons (Fsp3) is 0.250. The minimum atomic E-state index is 0.183. The van der Waals surface area contributed by atoms with Crippen LogP contribution in [0, 0.1) is 13.8 Å². The van der Waals surface area contributed by atoms with Gasteiger partial charge in [-0.2, -0.15) is 10.2 Å². The van der Waals surface area contributed by atoms with Gasteiger partial charge in [0, 0.05) is 18.4 Å². The number of ketones is 1. The molecule has 0 saturated carbocycles. The van der Waals surface area contributed by atoms with Crippen LogP contribution in [0.25, 0.3) is 0 Å². The normalized spacial score (nSPS) is 14.5. The number of benzene rings is 1. The number of Topliss-reactive ketones (excluding diaryl/α,β-unsaturated/α-hetero) is 1. The third-order valence-corrected chi connectivity index (χ3v) is 3.62. The zero-order valence-corrected chi connectivity index (χ0v) is 11.6. The van der Waals surface area contributed by atoms with Gasteiger partial charge in [-0.1, -0.05) is 6.07 Å². The van der Waals surface area contributed by atoms with E-state index in [1.807, 2.05) is 6.07 Å². The number of aromatic nitrogens is 2. The molecule has 0 radical (unpaired) electrons. The molecule has 0 aliphatic carbocycles. The molecule has 1 aliphatic rings. The van der Waals surface area contributed by atoms with Gasteiger partial charge in [-0.25, -0.2) is 0 Å². The molecule has 1 aliphatic heterocycles. The molecule has 1 aromatic carbocycles. The first-order valence-electron chi connectivity index (χ1n) is 6.60. The summed E-state index contributed by atoms with van der Waals surface area (Å²) in [5.41, 5.74) is 5.92. The average Bonchev–Trinajstić information content (AvgIpc) is 2.59. The minimum Gasteiger partial charge on any atom is -0.299 e. The maximum absolute atomic E-state index is 12.1. The number of nitrogens with zero attached hydrogens (tertiary/aromatic N) is 3. The second-order valence-electron chi connectivity index (χ2n) is 5.15. The van der Waals surface area contributed by atoms with Crippen LogP contribution in [0.1, 0.15) is 28.7 Å². The van der Waals surface area contributed by atoms with E-state index in [9.17, 15) is 4.79 Å². The summed E-state index contributed by atoms with van der Waals surface area (Å²) in [6.45, 7) is 4.12. The lowest BCUT2D eigenvalue weighted by atomic mass is 10.00. The lowest BCUT2D eigenvalue weighted by Crippen LogP contribution is -2.09. The van der Waals surface area contributed by atoms with Crippen LogP contribution in [0.2, 0.25) is 0 Å². The van der Waals surface area contributed by atoms with Crippen LogP contribution in [-0.2, 0) is 11.2 Å². The number of fused-ring (bicyclic) bond motifs is 1. The highest BCUT2D eigenvalue weighted by molar-refractivity contribution is 6.13. The number of rotatable bonds is 1. The van der Waals surface area contributed by atoms with Crippen molar-refractivity contribution in [2.75, 3.05) is 0 Å². The van der Waals surface area contributed by atoms with E-state index in [-0.39, 0.29) is 5.78 Å². The number of hydrogen-bond donors (Lipinski definition) is 0. The predicted octanol–water partition coefficient (Wildman–Crippen LogP) is 2.73. The topological polar surface area (TPSA) is 55.2 Å². The van der Waals surface area contributed by atoms with E-state index in [1.54, 1.807) is 12.4 Å². The quantitative estimate of drug-likeness (QED) is 0.796. The van der Waals surface area contributed by atoms with Gasteiger partial charge < -0.3 is 0 Å². The number of aliphatic imine (C=N–C) groups is 1. The Hall–Kier alpha value is -2.36. The maximum Gasteiger partial charge on any atom is 0.143 e. The first kappa shape index (κ1) is 12.7. The summed E-state index contributed by atoms with van der Waals surface area (Å²) >= 11 is 0. The largest absolute Gasteiger partial charge is 0.299 e. The van der Waals surface area contributed by atoms with Crippen molar-refractivity contribution in [3.05, 3.63) is 52.8 Å². The molecule has 1 aromatic heterocycles. The molecule has 2 heterocycles. The van der Waals surface area contributed by atoms with Gasteiger partial charge in [0.25, 0.3) is 0 Å². The first-order valence-corrected chi connectivity index (χ1v) is 6.60. The third-order valence-electron chi connectivity index (χ3n) is 3.62. The molecule has 0 fully saturated rings. The second kappa shape index (κ2) is 4.96. The van der Waals surface area contributed by atoms with Crippen molar-refractivity contribution in [3.8, 4) is 0 Å². The van der Waals surface area contributed by atoms with E-state index in [0.29, 0.717) is 12.8 Å². The number of carbonyl (C=O) groups is 1. The van der Waals surface area contributed by atoms with Gasteiger partial charge >= 0.3 is 0 Å². The third kappa shape index (κ3) is 2.37. The van der Waals surface area contributed by atoms with E-state index in [4.69, 9.17) is 0 Å². The van der Waals surface area contributed by atoms with Crippen molar-refractivity contribution in [2.24, 2.45) is 4.99 Å². The van der Waals surface area contributed by atoms with Crippen molar-refractivity contribution in [1.82, 2.24) is 10.2 Å². The van der Waals surface area contributed by atoms with Crippen LogP contribution in [-0.4, -0.2) is 21.7 Å². The smallest absolute Gasteiger partial charge is 0.143 e. The summed E-state index contributed by atoms with van der Waals surface area (Å²) in [6.07, 6.45) is 4.06. The number of aryl methyl sites for hydroxylation is 2. The Morgan fingerprint density at radius 2 is 1.85 bits per heavy atom. The molecule has 100 valence electrons. The van der Waals surface area contributed by atoms with E-state index < -0.39 is 0 Å². The van der Waals surface area contributed by atoms with Gasteiger partial charge in [-0.05, 0) is 42.7 Å². The van der Waals surface area contributed by atoms with Crippen molar-refractivity contribution >= 4 is 17.2 Å². The van der Waals surface area contributed by atoms with Gasteiger partial charge in [-0.3, -0.25) is 9.79 Å². The average molecular weight is 265 g/mol. The molecule has 0 unspecified atom stereocenters. The summed E-state index contributed by atoms with van der Waals surface area (Å²) < 4.78 is 0. The van der Waals surface area contributed by atoms with Gasteiger partial charge in [0.15, 0.2) is 0 Å². The standard InChI is InChI=1S/C16H15N3O/c1-10-5-13-7-14(20)8-16(12-3-4-17-18-9-12)19-15(13)6-11(10)2/h3-6,9H,7-8H2,1-2H3. The molecule has 4 nitrogen and oxygen atoms in total. The molecule has 20 heavy (non-hydrogen) atoms. The van der Waals surface area contributed by atoms with Crippen molar-refractivity contribution in [3.63, 3.8) is 0 Å². The number of carbonyl (C=O) groups excluding carboxylic acids is 1. The summed E-state index contributed by atoms with van der Waals surface area (Å²) in [7, 11) is 0. The summed E-state index contributed by atoms with van der Waals surface area (Å²) in [6, 6.07) is 5.96. The Labute approximate surface area is 117 Å². The zero-order chi connectivity index (χ0) is 14.1. The molecular formula is C16H15N3O. The highest BCUT2D eigenvalue weighted by Crippen LogP contribution is 2.28. The van der Waals surface area contributed by atoms with Crippen LogP contribution >= 0.6 is 0 Å². The van der Waals surface area contributed by atoms with Gasteiger partial charge in [0.1, 0.15) is 5.78 Å². The SMILES string of the molecule is Cc1cc2c(cc1C)N=C(c1ccnnc1)CC(=O)C2. The lowest BCUT2D eigenvalue weighted by Gasteiger charge is -2.07. The first-order chi connectivity index (χ1) is 9.63. The van der Waals surface area contributed by atoms with Gasteiger partial charge in [0.05, 0.1) is 23.8 Å². The Kier molecular flexibility index (Phi) is 3.14. The Morgan fingerprint density at radius 3 is 2.60 bits per heavy atom. The molecule has 4 heteroatoms. The van der Waals surface area contributed by atoms with Crippen LogP contribution in [0.5, 0.6) is 0 Å². The Balaban J connectivity index is 2.14. The maximum atomic E-state index is 12.1. The molecule has 0 bridgehead atoms. The van der Waals surface area contributed by atoms with E-state index in [2.05, 4.69) is 41.2 Å². The molecule has 0 amide bonds. The van der Waals surface area contributed by atoms with Crippen LogP contribution in [0.3, 0.4) is 0 Å². The number of hydrogen-bond acceptors (Lipinski definition) is 4. The molecule has 0 N–H and O–H groups in total. The molecule has 0 spiro atoms. The highest BCUT2D eigenvalue weighted by Gasteiger charge is 2.18. The summed E-state index contributed by atoms with van der Waals surface area (Å²) in [5, 5.41) is 7.62. The van der Waals surface area contributed by atoms with E-state index in [1.165, 1.54) is 11.1 Å². The fourth-order valence-corrected chi connectivity index (χ4v) is 2.38. The summed E-state index contributed by atoms with van der Waals surface area (Å²) in [4.78, 5) is 16.8. The van der Waals surface area contributed by atoms with Crippen molar-refractivity contribution < 1.29 is 4.79 Å². The van der Waals surface area contributed by atoms with Crippen LogP contribution in [0.4, 0.5) is 5.69 Å². The van der Waals surface area contributed by atoms with Crippen LogP contribution < -0.4 is 0 Å². The Morgan fingerprint density at radius 1 is 1.05 bits per heavy atom. The van der Waals surface area contributed by atoms with Gasteiger partial charge in [-0.15, -0.1) is 0 Å². The lowest BCUT2D eigenvalue weighted by molar-refractivity contribution is -0.117. The van der Waals surface area contributed by atoms with Crippen molar-refractivity contribution in [2.45, 2.75) is 26.7 Å².